The van der Waals surface area contributed by atoms with Gasteiger partial charge in [-0.25, -0.2) is 0 Å². The van der Waals surface area contributed by atoms with Crippen molar-refractivity contribution in [2.75, 3.05) is 0 Å². The van der Waals surface area contributed by atoms with Gasteiger partial charge < -0.3 is 9.84 Å². The molecule has 33 heavy (non-hydrogen) atoms. The summed E-state index contributed by atoms with van der Waals surface area (Å²) < 4.78 is 6.20. The van der Waals surface area contributed by atoms with E-state index in [1.807, 2.05) is 121 Å². The number of benzene rings is 4. The van der Waals surface area contributed by atoms with Crippen LogP contribution in [0.3, 0.4) is 0 Å². The predicted octanol–water partition coefficient (Wildman–Crippen LogP) is 5.82. The van der Waals surface area contributed by atoms with Gasteiger partial charge >= 0.3 is 5.97 Å². The van der Waals surface area contributed by atoms with Crippen molar-refractivity contribution in [1.29, 1.82) is 0 Å². The van der Waals surface area contributed by atoms with Gasteiger partial charge in [-0.3, -0.25) is 4.79 Å². The second kappa shape index (κ2) is 8.68. The normalized spacial score (nSPS) is 17.5. The number of aliphatic hydroxyl groups is 1. The standard InChI is InChI=1S/C30H26O3/c31-28-23(21-29(32,24-13-5-1-6-14-24)25-15-7-2-8-16-25)22-30(33-28,26-17-9-3-10-18-26)27-19-11-4-12-20-27/h1-20,23,32H,21-22H2/t23-/m1/s1. The van der Waals surface area contributed by atoms with E-state index in [9.17, 15) is 9.90 Å². The Bertz CT molecular complexity index is 1130. The van der Waals surface area contributed by atoms with E-state index < -0.39 is 17.1 Å². The van der Waals surface area contributed by atoms with Gasteiger partial charge in [0, 0.05) is 17.5 Å². The zero-order chi connectivity index (χ0) is 22.7. The van der Waals surface area contributed by atoms with Crippen LogP contribution in [0.1, 0.15) is 35.1 Å². The number of cyclic esters (lactones) is 1. The van der Waals surface area contributed by atoms with Gasteiger partial charge in [-0.2, -0.15) is 0 Å². The first kappa shape index (κ1) is 21.2. The third-order valence-electron chi connectivity index (χ3n) is 6.67. The summed E-state index contributed by atoms with van der Waals surface area (Å²) in [5.41, 5.74) is 1.22. The molecule has 0 bridgehead atoms. The molecule has 4 aromatic rings. The van der Waals surface area contributed by atoms with Crippen molar-refractivity contribution >= 4 is 5.97 Å². The number of hydrogen-bond acceptors (Lipinski definition) is 3. The monoisotopic (exact) mass is 434 g/mol. The highest BCUT2D eigenvalue weighted by molar-refractivity contribution is 5.77. The third kappa shape index (κ3) is 3.85. The SMILES string of the molecule is O=C1OC(c2ccccc2)(c2ccccc2)C[C@H]1CC(O)(c1ccccc1)c1ccccc1. The van der Waals surface area contributed by atoms with Crippen LogP contribution in [0.4, 0.5) is 0 Å². The minimum Gasteiger partial charge on any atom is -0.449 e. The molecule has 1 aliphatic heterocycles. The number of ether oxygens (including phenoxy) is 1. The Morgan fingerprint density at radius 1 is 0.697 bits per heavy atom. The molecule has 0 radical (unpaired) electrons. The predicted molar refractivity (Wildman–Crippen MR) is 128 cm³/mol. The first-order valence-corrected chi connectivity index (χ1v) is 11.3. The smallest absolute Gasteiger partial charge is 0.310 e. The van der Waals surface area contributed by atoms with Crippen LogP contribution < -0.4 is 0 Å². The average molecular weight is 435 g/mol. The molecule has 4 aromatic carbocycles. The van der Waals surface area contributed by atoms with Gasteiger partial charge in [0.15, 0.2) is 5.60 Å². The molecular formula is C30H26O3. The van der Waals surface area contributed by atoms with Crippen molar-refractivity contribution in [2.24, 2.45) is 5.92 Å². The van der Waals surface area contributed by atoms with Crippen molar-refractivity contribution in [1.82, 2.24) is 0 Å². The minimum atomic E-state index is -1.31. The van der Waals surface area contributed by atoms with Gasteiger partial charge in [0.2, 0.25) is 0 Å². The van der Waals surface area contributed by atoms with E-state index >= 15 is 0 Å². The van der Waals surface area contributed by atoms with E-state index in [0.29, 0.717) is 6.42 Å². The average Bonchev–Trinajstić information content (AvgIpc) is 3.23. The second-order valence-electron chi connectivity index (χ2n) is 8.68. The van der Waals surface area contributed by atoms with Gasteiger partial charge in [0.1, 0.15) is 5.60 Å². The molecule has 3 heteroatoms. The Morgan fingerprint density at radius 3 is 1.52 bits per heavy atom. The lowest BCUT2D eigenvalue weighted by molar-refractivity contribution is -0.149. The van der Waals surface area contributed by atoms with Gasteiger partial charge in [-0.1, -0.05) is 121 Å². The van der Waals surface area contributed by atoms with Gasteiger partial charge in [0.25, 0.3) is 0 Å². The van der Waals surface area contributed by atoms with E-state index in [4.69, 9.17) is 4.74 Å². The molecule has 0 spiro atoms. The Kier molecular flexibility index (Phi) is 5.57. The topological polar surface area (TPSA) is 46.5 Å². The van der Waals surface area contributed by atoms with E-state index in [1.165, 1.54) is 0 Å². The summed E-state index contributed by atoms with van der Waals surface area (Å²) in [7, 11) is 0. The fourth-order valence-corrected chi connectivity index (χ4v) is 5.00. The molecule has 1 N–H and O–H groups in total. The molecule has 5 rings (SSSR count). The van der Waals surface area contributed by atoms with Gasteiger partial charge in [-0.05, 0) is 17.5 Å². The van der Waals surface area contributed by atoms with E-state index in [-0.39, 0.29) is 12.4 Å². The Hall–Kier alpha value is -3.69. The second-order valence-corrected chi connectivity index (χ2v) is 8.68. The molecule has 0 amide bonds. The molecule has 1 atom stereocenters. The maximum atomic E-state index is 13.3. The van der Waals surface area contributed by atoms with Crippen molar-refractivity contribution < 1.29 is 14.6 Å². The number of esters is 1. The lowest BCUT2D eigenvalue weighted by Crippen LogP contribution is -2.32. The van der Waals surface area contributed by atoms with Crippen molar-refractivity contribution in [2.45, 2.75) is 24.0 Å². The van der Waals surface area contributed by atoms with Crippen LogP contribution in [0, 0.1) is 5.92 Å². The number of hydrogen-bond donors (Lipinski definition) is 1. The molecule has 1 saturated heterocycles. The molecule has 0 unspecified atom stereocenters. The highest BCUT2D eigenvalue weighted by atomic mass is 16.6. The van der Waals surface area contributed by atoms with E-state index in [1.54, 1.807) is 0 Å². The quantitative estimate of drug-likeness (QED) is 0.389. The van der Waals surface area contributed by atoms with E-state index in [2.05, 4.69) is 0 Å². The fraction of sp³-hybridized carbons (Fsp3) is 0.167. The van der Waals surface area contributed by atoms with Crippen LogP contribution in [-0.2, 0) is 20.7 Å². The van der Waals surface area contributed by atoms with Crippen LogP contribution in [-0.4, -0.2) is 11.1 Å². The summed E-state index contributed by atoms with van der Waals surface area (Å²) in [4.78, 5) is 13.3. The Labute approximate surface area is 194 Å². The zero-order valence-electron chi connectivity index (χ0n) is 18.3. The molecule has 1 aliphatic rings. The number of carbonyl (C=O) groups is 1. The highest BCUT2D eigenvalue weighted by Crippen LogP contribution is 2.49. The molecule has 0 saturated carbocycles. The highest BCUT2D eigenvalue weighted by Gasteiger charge is 2.51. The summed E-state index contributed by atoms with van der Waals surface area (Å²) >= 11 is 0. The summed E-state index contributed by atoms with van der Waals surface area (Å²) in [5, 5.41) is 12.0. The fourth-order valence-electron chi connectivity index (χ4n) is 5.00. The largest absolute Gasteiger partial charge is 0.449 e. The molecule has 0 aliphatic carbocycles. The van der Waals surface area contributed by atoms with Crippen molar-refractivity contribution in [3.63, 3.8) is 0 Å². The molecular weight excluding hydrogens is 408 g/mol. The van der Waals surface area contributed by atoms with E-state index in [0.717, 1.165) is 22.3 Å². The van der Waals surface area contributed by atoms with Crippen molar-refractivity contribution in [3.8, 4) is 0 Å². The molecule has 0 aromatic heterocycles. The summed E-state index contributed by atoms with van der Waals surface area (Å²) in [6.45, 7) is 0. The molecule has 1 heterocycles. The van der Waals surface area contributed by atoms with Crippen molar-refractivity contribution in [3.05, 3.63) is 144 Å². The van der Waals surface area contributed by atoms with Gasteiger partial charge in [-0.15, -0.1) is 0 Å². The van der Waals surface area contributed by atoms with Crippen LogP contribution in [0.25, 0.3) is 0 Å². The van der Waals surface area contributed by atoms with Crippen LogP contribution in [0.15, 0.2) is 121 Å². The summed E-state index contributed by atoms with van der Waals surface area (Å²) in [5.74, 6) is -0.760. The zero-order valence-corrected chi connectivity index (χ0v) is 18.3. The van der Waals surface area contributed by atoms with Gasteiger partial charge in [0.05, 0.1) is 5.92 Å². The lowest BCUT2D eigenvalue weighted by Gasteiger charge is -2.32. The minimum absolute atomic E-state index is 0.237. The van der Waals surface area contributed by atoms with Crippen LogP contribution >= 0.6 is 0 Å². The molecule has 1 fully saturated rings. The molecule has 164 valence electrons. The molecule has 3 nitrogen and oxygen atoms in total. The Morgan fingerprint density at radius 2 is 1.09 bits per heavy atom. The third-order valence-corrected chi connectivity index (χ3v) is 6.67. The maximum Gasteiger partial charge on any atom is 0.310 e. The maximum absolute atomic E-state index is 13.3. The summed E-state index contributed by atoms with van der Waals surface area (Å²) in [6, 6.07) is 38.9. The first-order chi connectivity index (χ1) is 16.1. The Balaban J connectivity index is 1.56. The number of rotatable bonds is 6. The van der Waals surface area contributed by atoms with Crippen LogP contribution in [0.2, 0.25) is 0 Å². The van der Waals surface area contributed by atoms with Crippen LogP contribution in [0.5, 0.6) is 0 Å². The first-order valence-electron chi connectivity index (χ1n) is 11.3. The lowest BCUT2D eigenvalue weighted by atomic mass is 9.75. The number of carbonyl (C=O) groups excluding carboxylic acids is 1. The summed E-state index contributed by atoms with van der Waals surface area (Å²) in [6.07, 6.45) is 0.698.